The van der Waals surface area contributed by atoms with E-state index in [9.17, 15) is 32.3 Å². The Labute approximate surface area is 324 Å². The first-order valence-corrected chi connectivity index (χ1v) is 16.2. The Bertz CT molecular complexity index is 1460. The number of aliphatic imine (C=N–C) groups is 1. The predicted octanol–water partition coefficient (Wildman–Crippen LogP) is 1.52. The van der Waals surface area contributed by atoms with Crippen molar-refractivity contribution in [3.63, 3.8) is 0 Å². The van der Waals surface area contributed by atoms with Crippen LogP contribution in [0.1, 0.15) is 24.0 Å². The number of halogens is 3. The quantitative estimate of drug-likeness (QED) is 0.0792. The van der Waals surface area contributed by atoms with E-state index in [1.165, 1.54) is 0 Å². The molecule has 2 aliphatic carbocycles. The Hall–Kier alpha value is -4.64. The molecule has 2 aromatic carbocycles. The number of primary amides is 1. The van der Waals surface area contributed by atoms with Gasteiger partial charge in [-0.3, -0.25) is 24.2 Å². The molecule has 0 aliphatic heterocycles. The number of aliphatic carboxylic acids is 1. The number of nitrogens with zero attached hydrogens (tertiary/aromatic N) is 1. The van der Waals surface area contributed by atoms with Crippen LogP contribution in [0.5, 0.6) is 0 Å². The van der Waals surface area contributed by atoms with Crippen LogP contribution >= 0.6 is 0 Å². The van der Waals surface area contributed by atoms with Crippen LogP contribution in [0.25, 0.3) is 0 Å². The van der Waals surface area contributed by atoms with Crippen molar-refractivity contribution in [1.29, 1.82) is 0 Å². The summed E-state index contributed by atoms with van der Waals surface area (Å²) in [5.41, 5.74) is 18.0. The number of benzene rings is 2. The average Bonchev–Trinajstić information content (AvgIpc) is 3.88. The monoisotopic (exact) mass is 796 g/mol. The fraction of sp³-hybridized carbons (Fsp3) is 0.243. The molecular formula is C37H42CoF3N7O6+2. The molecule has 10 N–H and O–H groups in total. The second-order valence-corrected chi connectivity index (χ2v) is 11.3. The van der Waals surface area contributed by atoms with Crippen LogP contribution in [0.15, 0.2) is 65.7 Å². The zero-order valence-corrected chi connectivity index (χ0v) is 29.9. The second-order valence-electron chi connectivity index (χ2n) is 11.3. The Kier molecular flexibility index (Phi) is 22.3. The Morgan fingerprint density at radius 2 is 1.09 bits per heavy atom. The normalized spacial score (nSPS) is 15.2. The standard InChI is InChI=1S/C30H36N7O4.C5H5.C2HF3O2.Co/c31-26(38)24(18-20-10-3-1-4-11-20)36-28(40)23(16-9-17-34-30(32)33)35-29(41)25(19-21-12-5-2-6-13-21)37-27(39)22-14-7-8-15-22;1-2-4-5-3-1;3-2(4,5)1(6)7;/h1-8,10-15,23-25H,9,16-19H2,(H2,31,38)(H,35,41)(H,36,40)(H,37,39)(H4,32,33,34);1-5H;(H,6,7);/q;;;+2/t23-,24-,25-;;;/m0.../s1. The van der Waals surface area contributed by atoms with Gasteiger partial charge >= 0.3 is 28.9 Å². The summed E-state index contributed by atoms with van der Waals surface area (Å²) in [5, 5.41) is 15.3. The van der Waals surface area contributed by atoms with Crippen LogP contribution in [0.4, 0.5) is 13.2 Å². The van der Waals surface area contributed by atoms with Gasteiger partial charge in [0.1, 0.15) is 18.1 Å². The molecule has 2 saturated carbocycles. The first-order chi connectivity index (χ1) is 25.2. The van der Waals surface area contributed by atoms with Crippen LogP contribution < -0.4 is 33.2 Å². The molecule has 289 valence electrons. The molecule has 0 heterocycles. The van der Waals surface area contributed by atoms with Gasteiger partial charge in [-0.15, -0.1) is 0 Å². The first kappa shape index (κ1) is 47.4. The summed E-state index contributed by atoms with van der Waals surface area (Å²) in [6, 6.07) is 15.3. The van der Waals surface area contributed by atoms with Crippen LogP contribution in [0, 0.1) is 63.7 Å². The van der Waals surface area contributed by atoms with Gasteiger partial charge in [0, 0.05) is 19.4 Å². The number of amides is 4. The molecule has 0 spiro atoms. The van der Waals surface area contributed by atoms with Crippen molar-refractivity contribution >= 4 is 35.6 Å². The van der Waals surface area contributed by atoms with Gasteiger partial charge in [0.15, 0.2) is 5.96 Å². The van der Waals surface area contributed by atoms with Gasteiger partial charge in [-0.2, -0.15) is 13.2 Å². The third-order valence-corrected chi connectivity index (χ3v) is 7.15. The molecule has 11 radical (unpaired) electrons. The molecule has 3 atom stereocenters. The summed E-state index contributed by atoms with van der Waals surface area (Å²) in [6.07, 6.45) is 12.6. The number of carbonyl (C=O) groups excluding carboxylic acids is 4. The number of hydrogen-bond acceptors (Lipinski definition) is 6. The van der Waals surface area contributed by atoms with Crippen molar-refractivity contribution in [2.75, 3.05) is 6.54 Å². The van der Waals surface area contributed by atoms with Gasteiger partial charge in [0.25, 0.3) is 0 Å². The smallest absolute Gasteiger partial charge is 0.475 e. The minimum absolute atomic E-state index is 0. The van der Waals surface area contributed by atoms with Crippen molar-refractivity contribution in [2.24, 2.45) is 22.2 Å². The molecule has 0 aromatic heterocycles. The number of rotatable bonds is 15. The van der Waals surface area contributed by atoms with Crippen molar-refractivity contribution in [2.45, 2.75) is 50.0 Å². The zero-order chi connectivity index (χ0) is 39.2. The molecule has 54 heavy (non-hydrogen) atoms. The fourth-order valence-corrected chi connectivity index (χ4v) is 4.54. The molecule has 0 unspecified atom stereocenters. The summed E-state index contributed by atoms with van der Waals surface area (Å²) >= 11 is 0. The summed E-state index contributed by atoms with van der Waals surface area (Å²) in [7, 11) is 0. The second kappa shape index (κ2) is 25.4. The third kappa shape index (κ3) is 19.4. The molecule has 17 heteroatoms. The van der Waals surface area contributed by atoms with Gasteiger partial charge in [-0.1, -0.05) is 60.7 Å². The number of carbonyl (C=O) groups is 5. The van der Waals surface area contributed by atoms with E-state index < -0.39 is 53.9 Å². The van der Waals surface area contributed by atoms with E-state index in [0.717, 1.165) is 11.1 Å². The molecule has 0 bridgehead atoms. The predicted molar refractivity (Wildman–Crippen MR) is 191 cm³/mol. The van der Waals surface area contributed by atoms with Crippen LogP contribution in [-0.2, 0) is 53.6 Å². The van der Waals surface area contributed by atoms with Crippen molar-refractivity contribution in [3.05, 3.63) is 135 Å². The number of hydrogen-bond donors (Lipinski definition) is 7. The summed E-state index contributed by atoms with van der Waals surface area (Å²) in [5.74, 6) is -4.73. The van der Waals surface area contributed by atoms with Gasteiger partial charge in [0.05, 0.1) is 5.92 Å². The zero-order valence-electron chi connectivity index (χ0n) is 28.9. The molecular weight excluding hydrogens is 754 g/mol. The van der Waals surface area contributed by atoms with E-state index in [0.29, 0.717) is 12.3 Å². The minimum atomic E-state index is -5.08. The van der Waals surface area contributed by atoms with E-state index in [-0.39, 0.29) is 48.5 Å². The van der Waals surface area contributed by atoms with Gasteiger partial charge in [-0.05, 0) is 81.8 Å². The third-order valence-electron chi connectivity index (χ3n) is 7.15. The number of nitrogens with two attached hydrogens (primary N) is 3. The van der Waals surface area contributed by atoms with Gasteiger partial charge < -0.3 is 38.3 Å². The van der Waals surface area contributed by atoms with Crippen molar-refractivity contribution in [1.82, 2.24) is 16.0 Å². The molecule has 13 nitrogen and oxygen atoms in total. The largest absolute Gasteiger partial charge is 2.00 e. The number of carboxylic acids is 1. The Morgan fingerprint density at radius 1 is 0.667 bits per heavy atom. The van der Waals surface area contributed by atoms with Crippen molar-refractivity contribution in [3.8, 4) is 0 Å². The SMILES string of the molecule is NC(=O)[C@H](Cc1ccccc1)NC(=O)[C@H](CCCN=C(N)N)NC(=O)[C@H](Cc1ccccc1)NC(=O)[C]1[CH][CH][CH][CH]1.O=C(O)C(F)(F)F.[CH]1[CH][CH][CH][CH]1.[Co+2]. The van der Waals surface area contributed by atoms with E-state index in [1.807, 2.05) is 92.8 Å². The van der Waals surface area contributed by atoms with Crippen LogP contribution in [0.2, 0.25) is 0 Å². The maximum absolute atomic E-state index is 13.6. The summed E-state index contributed by atoms with van der Waals surface area (Å²) in [4.78, 5) is 64.8. The fourth-order valence-electron chi connectivity index (χ4n) is 4.54. The summed E-state index contributed by atoms with van der Waals surface area (Å²) < 4.78 is 31.7. The maximum atomic E-state index is 13.6. The number of guanidine groups is 1. The van der Waals surface area contributed by atoms with E-state index in [1.54, 1.807) is 25.7 Å². The first-order valence-electron chi connectivity index (χ1n) is 16.2. The Morgan fingerprint density at radius 3 is 1.52 bits per heavy atom. The average molecular weight is 797 g/mol. The maximum Gasteiger partial charge on any atom is 2.00 e. The molecule has 0 saturated heterocycles. The van der Waals surface area contributed by atoms with Gasteiger partial charge in [0.2, 0.25) is 23.6 Å². The topological polar surface area (TPSA) is 232 Å². The van der Waals surface area contributed by atoms with Crippen molar-refractivity contribution < 1.29 is 59.0 Å². The molecule has 4 amide bonds. The van der Waals surface area contributed by atoms with E-state index in [2.05, 4.69) is 20.9 Å². The summed E-state index contributed by atoms with van der Waals surface area (Å²) in [6.45, 7) is 0.229. The molecule has 4 rings (SSSR count). The van der Waals surface area contributed by atoms with Crippen LogP contribution in [-0.4, -0.2) is 71.5 Å². The molecule has 2 aliphatic rings. The van der Waals surface area contributed by atoms with E-state index in [4.69, 9.17) is 27.1 Å². The minimum Gasteiger partial charge on any atom is -0.475 e. The number of alkyl halides is 3. The Balaban J connectivity index is 0.000000955. The number of carboxylic acid groups (broad SMARTS) is 1. The van der Waals surface area contributed by atoms with Gasteiger partial charge in [-0.25, -0.2) is 4.79 Å². The molecule has 2 aromatic rings. The number of nitrogens with one attached hydrogen (secondary N) is 3. The van der Waals surface area contributed by atoms with Crippen LogP contribution in [0.3, 0.4) is 0 Å². The van der Waals surface area contributed by atoms with E-state index >= 15 is 0 Å². The molecule has 2 fully saturated rings.